The first-order valence-corrected chi connectivity index (χ1v) is 8.20. The van der Waals surface area contributed by atoms with Crippen LogP contribution in [0.15, 0.2) is 52.4 Å². The van der Waals surface area contributed by atoms with Crippen molar-refractivity contribution in [1.29, 1.82) is 0 Å². The predicted octanol–water partition coefficient (Wildman–Crippen LogP) is 3.89. The molecule has 3 N–H and O–H groups in total. The second kappa shape index (κ2) is 7.70. The summed E-state index contributed by atoms with van der Waals surface area (Å²) in [5, 5.41) is 29.2. The summed E-state index contributed by atoms with van der Waals surface area (Å²) in [6, 6.07) is 11.9. The predicted molar refractivity (Wildman–Crippen MR) is 96.3 cm³/mol. The number of amides is 1. The molecule has 0 saturated carbocycles. The molecule has 3 rings (SSSR count). The molecule has 2 aromatic rings. The first-order valence-electron chi connectivity index (χ1n) is 7.38. The Balaban J connectivity index is 0.00000100. The topological polar surface area (TPSA) is 90.1 Å². The van der Waals surface area contributed by atoms with E-state index in [0.717, 1.165) is 5.56 Å². The largest absolute Gasteiger partial charge is 0.504 e. The lowest BCUT2D eigenvalue weighted by molar-refractivity contribution is -0.113. The van der Waals surface area contributed by atoms with Gasteiger partial charge in [0.05, 0.1) is 4.91 Å². The first kappa shape index (κ1) is 17.6. The molecular weight excluding hydrogens is 326 g/mol. The Bertz CT molecular complexity index is 813. The van der Waals surface area contributed by atoms with E-state index in [0.29, 0.717) is 9.95 Å². The summed E-state index contributed by atoms with van der Waals surface area (Å²) in [6.45, 7) is 4.00. The molecule has 0 atom stereocenters. The summed E-state index contributed by atoms with van der Waals surface area (Å²) >= 11 is 1.19. The molecule has 0 fully saturated rings. The van der Waals surface area contributed by atoms with Gasteiger partial charge in [-0.2, -0.15) is 0 Å². The summed E-state index contributed by atoms with van der Waals surface area (Å²) < 4.78 is 0. The van der Waals surface area contributed by atoms with Gasteiger partial charge in [-0.25, -0.2) is 4.99 Å². The molecule has 0 aromatic heterocycles. The number of benzene rings is 2. The van der Waals surface area contributed by atoms with Gasteiger partial charge in [-0.05, 0) is 18.2 Å². The Morgan fingerprint density at radius 1 is 0.958 bits per heavy atom. The van der Waals surface area contributed by atoms with E-state index in [1.54, 1.807) is 0 Å². The number of carbonyl (C=O) groups is 1. The second-order valence-electron chi connectivity index (χ2n) is 4.57. The van der Waals surface area contributed by atoms with Crippen molar-refractivity contribution in [2.75, 3.05) is 0 Å². The normalized spacial score (nSPS) is 15.0. The minimum absolute atomic E-state index is 0.232. The average Bonchev–Trinajstić information content (AvgIpc) is 2.99. The van der Waals surface area contributed by atoms with Gasteiger partial charge < -0.3 is 15.3 Å². The number of phenolic OH excluding ortho intramolecular Hbond substituents is 3. The lowest BCUT2D eigenvalue weighted by Crippen LogP contribution is -1.89. The Labute approximate surface area is 144 Å². The van der Waals surface area contributed by atoms with Crippen LogP contribution in [0.25, 0.3) is 6.08 Å². The highest BCUT2D eigenvalue weighted by Gasteiger charge is 2.23. The van der Waals surface area contributed by atoms with Crippen molar-refractivity contribution in [2.24, 2.45) is 4.99 Å². The zero-order chi connectivity index (χ0) is 17.7. The van der Waals surface area contributed by atoms with E-state index < -0.39 is 23.2 Å². The van der Waals surface area contributed by atoms with Gasteiger partial charge in [-0.15, -0.1) is 0 Å². The lowest BCUT2D eigenvalue weighted by atomic mass is 10.1. The third-order valence-electron chi connectivity index (χ3n) is 3.09. The Morgan fingerprint density at radius 2 is 1.62 bits per heavy atom. The summed E-state index contributed by atoms with van der Waals surface area (Å²) in [5.74, 6) is -1.93. The van der Waals surface area contributed by atoms with Crippen molar-refractivity contribution in [1.82, 2.24) is 0 Å². The van der Waals surface area contributed by atoms with Gasteiger partial charge in [0.1, 0.15) is 5.04 Å². The quantitative estimate of drug-likeness (QED) is 0.568. The maximum absolute atomic E-state index is 12.0. The number of aromatic hydroxyl groups is 3. The van der Waals surface area contributed by atoms with Crippen molar-refractivity contribution in [2.45, 2.75) is 13.8 Å². The molecule has 24 heavy (non-hydrogen) atoms. The molecule has 0 unspecified atom stereocenters. The van der Waals surface area contributed by atoms with E-state index in [2.05, 4.69) is 4.99 Å². The van der Waals surface area contributed by atoms with E-state index in [1.165, 1.54) is 30.0 Å². The molecule has 124 valence electrons. The van der Waals surface area contributed by atoms with Crippen LogP contribution in [-0.2, 0) is 4.79 Å². The highest BCUT2D eigenvalue weighted by atomic mass is 32.2. The van der Waals surface area contributed by atoms with Crippen LogP contribution in [0.3, 0.4) is 0 Å². The minimum Gasteiger partial charge on any atom is -0.504 e. The monoisotopic (exact) mass is 343 g/mol. The zero-order valence-corrected chi connectivity index (χ0v) is 14.0. The Kier molecular flexibility index (Phi) is 5.65. The SMILES string of the molecule is CC.O=C1N=C(c2ccccc2)S/C1=C\c1ccc(O)c(O)c1O. The van der Waals surface area contributed by atoms with E-state index in [-0.39, 0.29) is 5.56 Å². The Hall–Kier alpha value is -2.73. The maximum Gasteiger partial charge on any atom is 0.284 e. The third kappa shape index (κ3) is 3.60. The van der Waals surface area contributed by atoms with Crippen LogP contribution in [0.5, 0.6) is 17.2 Å². The van der Waals surface area contributed by atoms with Crippen LogP contribution < -0.4 is 0 Å². The van der Waals surface area contributed by atoms with E-state index in [9.17, 15) is 20.1 Å². The molecule has 1 heterocycles. The number of nitrogens with zero attached hydrogens (tertiary/aromatic N) is 1. The van der Waals surface area contributed by atoms with Gasteiger partial charge in [-0.3, -0.25) is 4.79 Å². The van der Waals surface area contributed by atoms with Crippen molar-refractivity contribution in [3.63, 3.8) is 0 Å². The lowest BCUT2D eigenvalue weighted by Gasteiger charge is -2.04. The van der Waals surface area contributed by atoms with Gasteiger partial charge in [-0.1, -0.05) is 55.9 Å². The first-order chi connectivity index (χ1) is 11.6. The number of rotatable bonds is 2. The van der Waals surface area contributed by atoms with Crippen LogP contribution >= 0.6 is 11.8 Å². The maximum atomic E-state index is 12.0. The van der Waals surface area contributed by atoms with E-state index in [4.69, 9.17) is 0 Å². The molecule has 0 spiro atoms. The van der Waals surface area contributed by atoms with Crippen LogP contribution in [0, 0.1) is 0 Å². The molecule has 0 aliphatic carbocycles. The summed E-state index contributed by atoms with van der Waals surface area (Å²) in [5.41, 5.74) is 1.07. The summed E-state index contributed by atoms with van der Waals surface area (Å²) in [6.07, 6.45) is 1.43. The smallest absolute Gasteiger partial charge is 0.284 e. The van der Waals surface area contributed by atoms with Crippen LogP contribution in [0.4, 0.5) is 0 Å². The van der Waals surface area contributed by atoms with Gasteiger partial charge in [0, 0.05) is 11.1 Å². The van der Waals surface area contributed by atoms with Crippen molar-refractivity contribution in [3.05, 3.63) is 58.5 Å². The fourth-order valence-corrected chi connectivity index (χ4v) is 2.87. The number of hydrogen-bond acceptors (Lipinski definition) is 5. The molecule has 6 heteroatoms. The number of aliphatic imine (C=N–C) groups is 1. The molecule has 5 nitrogen and oxygen atoms in total. The van der Waals surface area contributed by atoms with Gasteiger partial charge in [0.25, 0.3) is 5.91 Å². The number of hydrogen-bond donors (Lipinski definition) is 3. The fraction of sp³-hybridized carbons (Fsp3) is 0.111. The molecular formula is C18H17NO4S. The molecule has 1 amide bonds. The molecule has 0 radical (unpaired) electrons. The van der Waals surface area contributed by atoms with Gasteiger partial charge >= 0.3 is 0 Å². The number of thioether (sulfide) groups is 1. The van der Waals surface area contributed by atoms with Crippen molar-refractivity contribution >= 4 is 28.8 Å². The second-order valence-corrected chi connectivity index (χ2v) is 5.60. The molecule has 2 aromatic carbocycles. The highest BCUT2D eigenvalue weighted by molar-refractivity contribution is 8.19. The van der Waals surface area contributed by atoms with Gasteiger partial charge in [0.15, 0.2) is 11.5 Å². The van der Waals surface area contributed by atoms with Crippen molar-refractivity contribution in [3.8, 4) is 17.2 Å². The van der Waals surface area contributed by atoms with E-state index >= 15 is 0 Å². The summed E-state index contributed by atoms with van der Waals surface area (Å²) in [7, 11) is 0. The average molecular weight is 343 g/mol. The van der Waals surface area contributed by atoms with Gasteiger partial charge in [0.2, 0.25) is 5.75 Å². The molecule has 1 aliphatic rings. The number of phenols is 3. The fourth-order valence-electron chi connectivity index (χ4n) is 1.96. The standard InChI is InChI=1S/C16H11NO4S.C2H6/c18-11-7-6-10(13(19)14(11)20)8-12-15(21)17-16(22-12)9-4-2-1-3-5-9;1-2/h1-8,18-20H;1-2H3/b12-8-;. The third-order valence-corrected chi connectivity index (χ3v) is 4.12. The summed E-state index contributed by atoms with van der Waals surface area (Å²) in [4.78, 5) is 16.3. The highest BCUT2D eigenvalue weighted by Crippen LogP contribution is 2.40. The van der Waals surface area contributed by atoms with E-state index in [1.807, 2.05) is 44.2 Å². The minimum atomic E-state index is -0.617. The zero-order valence-electron chi connectivity index (χ0n) is 13.2. The number of carbonyl (C=O) groups excluding carboxylic acids is 1. The molecule has 0 saturated heterocycles. The van der Waals surface area contributed by atoms with Crippen LogP contribution in [-0.4, -0.2) is 26.3 Å². The Morgan fingerprint density at radius 3 is 2.29 bits per heavy atom. The van der Waals surface area contributed by atoms with Crippen LogP contribution in [0.2, 0.25) is 0 Å². The molecule has 0 bridgehead atoms. The van der Waals surface area contributed by atoms with Crippen LogP contribution in [0.1, 0.15) is 25.0 Å². The van der Waals surface area contributed by atoms with Crippen molar-refractivity contribution < 1.29 is 20.1 Å². The molecule has 1 aliphatic heterocycles.